The number of benzene rings is 1. The Labute approximate surface area is 147 Å². The van der Waals surface area contributed by atoms with Gasteiger partial charge in [-0.05, 0) is 31.5 Å². The molecule has 0 bridgehead atoms. The number of halogens is 3. The standard InChI is InChI=1S/C16H18F3N3O2S/c1-3-6-24-12-5-4-10(16(17,18)19)7-11(12)22-14(23)13-8-21-15(25-13)9(2)20/h4-5,7-9H,3,6,20H2,1-2H3,(H,22,23). The number of nitrogens with two attached hydrogens (primary N) is 1. The predicted octanol–water partition coefficient (Wildman–Crippen LogP) is 4.22. The maximum absolute atomic E-state index is 12.9. The molecule has 0 spiro atoms. The summed E-state index contributed by atoms with van der Waals surface area (Å²) in [6.07, 6.45) is -2.49. The van der Waals surface area contributed by atoms with Crippen molar-refractivity contribution in [2.75, 3.05) is 11.9 Å². The van der Waals surface area contributed by atoms with E-state index in [1.807, 2.05) is 6.92 Å². The van der Waals surface area contributed by atoms with E-state index >= 15 is 0 Å². The van der Waals surface area contributed by atoms with Crippen molar-refractivity contribution in [1.82, 2.24) is 4.98 Å². The lowest BCUT2D eigenvalue weighted by atomic mass is 10.1. The van der Waals surface area contributed by atoms with E-state index in [1.54, 1.807) is 6.92 Å². The van der Waals surface area contributed by atoms with Crippen molar-refractivity contribution in [3.05, 3.63) is 39.8 Å². The minimum atomic E-state index is -4.52. The molecule has 2 aromatic rings. The second-order valence-electron chi connectivity index (χ2n) is 5.36. The molecule has 0 aliphatic rings. The van der Waals surface area contributed by atoms with Crippen LogP contribution in [0.3, 0.4) is 0 Å². The minimum Gasteiger partial charge on any atom is -0.491 e. The Balaban J connectivity index is 2.29. The molecule has 0 radical (unpaired) electrons. The highest BCUT2D eigenvalue weighted by atomic mass is 32.1. The number of amides is 1. The van der Waals surface area contributed by atoms with Gasteiger partial charge in [0.05, 0.1) is 30.1 Å². The number of rotatable bonds is 6. The molecular formula is C16H18F3N3O2S. The number of aromatic nitrogens is 1. The number of hydrogen-bond donors (Lipinski definition) is 2. The normalized spacial score (nSPS) is 12.7. The Kier molecular flexibility index (Phi) is 6.02. The molecule has 1 atom stereocenters. The van der Waals surface area contributed by atoms with Crippen LogP contribution in [0.2, 0.25) is 0 Å². The zero-order valence-electron chi connectivity index (χ0n) is 13.7. The van der Waals surface area contributed by atoms with Crippen LogP contribution in [-0.2, 0) is 6.18 Å². The van der Waals surface area contributed by atoms with Gasteiger partial charge in [-0.15, -0.1) is 11.3 Å². The lowest BCUT2D eigenvalue weighted by molar-refractivity contribution is -0.137. The second kappa shape index (κ2) is 7.83. The van der Waals surface area contributed by atoms with Crippen LogP contribution in [-0.4, -0.2) is 17.5 Å². The molecule has 136 valence electrons. The van der Waals surface area contributed by atoms with Gasteiger partial charge in [-0.25, -0.2) is 4.98 Å². The summed E-state index contributed by atoms with van der Waals surface area (Å²) in [4.78, 5) is 16.6. The number of nitrogens with one attached hydrogen (secondary N) is 1. The molecule has 0 aliphatic heterocycles. The zero-order valence-corrected chi connectivity index (χ0v) is 14.5. The van der Waals surface area contributed by atoms with Crippen LogP contribution < -0.4 is 15.8 Å². The average Bonchev–Trinajstić information content (AvgIpc) is 3.03. The van der Waals surface area contributed by atoms with E-state index in [2.05, 4.69) is 10.3 Å². The first kappa shape index (κ1) is 19.2. The van der Waals surface area contributed by atoms with Crippen LogP contribution in [0.15, 0.2) is 24.4 Å². The summed E-state index contributed by atoms with van der Waals surface area (Å²) in [5, 5.41) is 3.03. The predicted molar refractivity (Wildman–Crippen MR) is 89.9 cm³/mol. The summed E-state index contributed by atoms with van der Waals surface area (Å²) < 4.78 is 44.2. The van der Waals surface area contributed by atoms with Gasteiger partial charge >= 0.3 is 6.18 Å². The minimum absolute atomic E-state index is 0.0379. The molecular weight excluding hydrogens is 355 g/mol. The topological polar surface area (TPSA) is 77.2 Å². The van der Waals surface area contributed by atoms with Gasteiger partial charge in [-0.2, -0.15) is 13.2 Å². The van der Waals surface area contributed by atoms with Gasteiger partial charge in [-0.1, -0.05) is 6.92 Å². The quantitative estimate of drug-likeness (QED) is 0.795. The van der Waals surface area contributed by atoms with Gasteiger partial charge in [0.2, 0.25) is 0 Å². The van der Waals surface area contributed by atoms with E-state index in [-0.39, 0.29) is 22.4 Å². The summed E-state index contributed by atoms with van der Waals surface area (Å²) >= 11 is 1.09. The molecule has 1 heterocycles. The van der Waals surface area contributed by atoms with E-state index in [1.165, 1.54) is 12.3 Å². The number of ether oxygens (including phenoxy) is 1. The third kappa shape index (κ3) is 4.93. The Morgan fingerprint density at radius 1 is 1.44 bits per heavy atom. The number of anilines is 1. The van der Waals surface area contributed by atoms with Crippen molar-refractivity contribution in [1.29, 1.82) is 0 Å². The first-order valence-electron chi connectivity index (χ1n) is 7.59. The molecule has 0 saturated carbocycles. The van der Waals surface area contributed by atoms with Crippen molar-refractivity contribution in [3.63, 3.8) is 0 Å². The highest BCUT2D eigenvalue weighted by molar-refractivity contribution is 7.13. The third-order valence-electron chi connectivity index (χ3n) is 3.15. The Hall–Kier alpha value is -2.13. The molecule has 0 aliphatic carbocycles. The van der Waals surface area contributed by atoms with Crippen LogP contribution in [0.25, 0.3) is 0 Å². The molecule has 2 rings (SSSR count). The number of alkyl halides is 3. The van der Waals surface area contributed by atoms with Crippen LogP contribution in [0.4, 0.5) is 18.9 Å². The lowest BCUT2D eigenvalue weighted by Gasteiger charge is -2.14. The largest absolute Gasteiger partial charge is 0.491 e. The van der Waals surface area contributed by atoms with Crippen LogP contribution in [0.5, 0.6) is 5.75 Å². The Morgan fingerprint density at radius 3 is 2.72 bits per heavy atom. The number of hydrogen-bond acceptors (Lipinski definition) is 5. The molecule has 0 saturated heterocycles. The fourth-order valence-electron chi connectivity index (χ4n) is 1.93. The van der Waals surface area contributed by atoms with Gasteiger partial charge in [0, 0.05) is 0 Å². The number of carbonyl (C=O) groups excluding carboxylic acids is 1. The second-order valence-corrected chi connectivity index (χ2v) is 6.42. The first-order chi connectivity index (χ1) is 11.7. The summed E-state index contributed by atoms with van der Waals surface area (Å²) in [7, 11) is 0. The van der Waals surface area contributed by atoms with Crippen molar-refractivity contribution in [3.8, 4) is 5.75 Å². The maximum Gasteiger partial charge on any atom is 0.416 e. The van der Waals surface area contributed by atoms with E-state index in [4.69, 9.17) is 10.5 Å². The molecule has 9 heteroatoms. The fraction of sp³-hybridized carbons (Fsp3) is 0.375. The summed E-state index contributed by atoms with van der Waals surface area (Å²) in [6, 6.07) is 2.65. The van der Waals surface area contributed by atoms with Gasteiger partial charge < -0.3 is 15.8 Å². The van der Waals surface area contributed by atoms with Crippen molar-refractivity contribution in [2.24, 2.45) is 5.73 Å². The molecule has 25 heavy (non-hydrogen) atoms. The number of thiazole rings is 1. The molecule has 1 unspecified atom stereocenters. The van der Waals surface area contributed by atoms with E-state index < -0.39 is 17.6 Å². The maximum atomic E-state index is 12.9. The van der Waals surface area contributed by atoms with E-state index in [9.17, 15) is 18.0 Å². The summed E-state index contributed by atoms with van der Waals surface area (Å²) in [5.74, 6) is -0.384. The third-order valence-corrected chi connectivity index (χ3v) is 4.35. The smallest absolute Gasteiger partial charge is 0.416 e. The van der Waals surface area contributed by atoms with Gasteiger partial charge in [0.15, 0.2) is 0 Å². The van der Waals surface area contributed by atoms with Crippen molar-refractivity contribution >= 4 is 22.9 Å². The fourth-order valence-corrected chi connectivity index (χ4v) is 2.69. The highest BCUT2D eigenvalue weighted by Gasteiger charge is 2.31. The molecule has 3 N–H and O–H groups in total. The van der Waals surface area contributed by atoms with Gasteiger partial charge in [-0.3, -0.25) is 4.79 Å². The van der Waals surface area contributed by atoms with Crippen molar-refractivity contribution < 1.29 is 22.7 Å². The highest BCUT2D eigenvalue weighted by Crippen LogP contribution is 2.35. The van der Waals surface area contributed by atoms with Gasteiger partial charge in [0.1, 0.15) is 15.6 Å². The summed E-state index contributed by atoms with van der Waals surface area (Å²) in [6.45, 7) is 3.92. The molecule has 1 aromatic carbocycles. The molecule has 0 fully saturated rings. The number of carbonyl (C=O) groups is 1. The lowest BCUT2D eigenvalue weighted by Crippen LogP contribution is -2.13. The van der Waals surface area contributed by atoms with Gasteiger partial charge in [0.25, 0.3) is 5.91 Å². The Bertz CT molecular complexity index is 744. The monoisotopic (exact) mass is 373 g/mol. The first-order valence-corrected chi connectivity index (χ1v) is 8.40. The molecule has 5 nitrogen and oxygen atoms in total. The summed E-state index contributed by atoms with van der Waals surface area (Å²) in [5.41, 5.74) is 4.79. The zero-order chi connectivity index (χ0) is 18.6. The van der Waals surface area contributed by atoms with E-state index in [0.29, 0.717) is 18.0 Å². The average molecular weight is 373 g/mol. The number of nitrogens with zero attached hydrogens (tertiary/aromatic N) is 1. The van der Waals surface area contributed by atoms with E-state index in [0.717, 1.165) is 23.5 Å². The molecule has 1 aromatic heterocycles. The van der Waals surface area contributed by atoms with Crippen LogP contribution >= 0.6 is 11.3 Å². The van der Waals surface area contributed by atoms with Crippen molar-refractivity contribution in [2.45, 2.75) is 32.5 Å². The van der Waals surface area contributed by atoms with Crippen LogP contribution in [0.1, 0.15) is 46.6 Å². The Morgan fingerprint density at radius 2 is 2.16 bits per heavy atom. The van der Waals surface area contributed by atoms with Crippen LogP contribution in [0, 0.1) is 0 Å². The molecule has 1 amide bonds. The SMILES string of the molecule is CCCOc1ccc(C(F)(F)F)cc1NC(=O)c1cnc(C(C)N)s1.